The number of carbonyl (C=O) groups excluding carboxylic acids is 1. The molecule has 1 fully saturated rings. The van der Waals surface area contributed by atoms with Crippen molar-refractivity contribution in [3.05, 3.63) is 64.7 Å². The molecule has 2 aromatic rings. The van der Waals surface area contributed by atoms with Gasteiger partial charge in [-0.3, -0.25) is 4.79 Å². The number of hydrogen-bond donors (Lipinski definition) is 2. The Morgan fingerprint density at radius 2 is 1.72 bits per heavy atom. The molecule has 1 amide bonds. The molecule has 5 nitrogen and oxygen atoms in total. The third-order valence-corrected chi connectivity index (χ3v) is 4.93. The van der Waals surface area contributed by atoms with Crippen LogP contribution in [0.5, 0.6) is 0 Å². The van der Waals surface area contributed by atoms with Crippen molar-refractivity contribution in [2.75, 3.05) is 18.8 Å². The summed E-state index contributed by atoms with van der Waals surface area (Å²) >= 11 is 0. The maximum Gasteiger partial charge on any atom is 0.335 e. The number of benzene rings is 2. The first-order valence-electron chi connectivity index (χ1n) is 8.45. The number of nitrogens with zero attached hydrogens (tertiary/aromatic N) is 1. The highest BCUT2D eigenvalue weighted by Gasteiger charge is 2.26. The van der Waals surface area contributed by atoms with Crippen LogP contribution in [-0.4, -0.2) is 35.0 Å². The number of anilines is 1. The van der Waals surface area contributed by atoms with Crippen LogP contribution in [0.2, 0.25) is 0 Å². The fourth-order valence-corrected chi connectivity index (χ4v) is 3.45. The maximum absolute atomic E-state index is 12.8. The Morgan fingerprint density at radius 1 is 1.08 bits per heavy atom. The molecular weight excluding hydrogens is 316 g/mol. The number of rotatable bonds is 3. The highest BCUT2D eigenvalue weighted by Crippen LogP contribution is 2.30. The summed E-state index contributed by atoms with van der Waals surface area (Å²) in [5.41, 5.74) is 9.45. The summed E-state index contributed by atoms with van der Waals surface area (Å²) in [5.74, 6) is -0.570. The summed E-state index contributed by atoms with van der Waals surface area (Å²) < 4.78 is 0. The molecule has 3 rings (SSSR count). The minimum Gasteiger partial charge on any atom is -0.478 e. The lowest BCUT2D eigenvalue weighted by Crippen LogP contribution is -2.38. The Labute approximate surface area is 147 Å². The lowest BCUT2D eigenvalue weighted by Gasteiger charge is -2.33. The van der Waals surface area contributed by atoms with Crippen molar-refractivity contribution >= 4 is 17.6 Å². The van der Waals surface area contributed by atoms with Crippen LogP contribution in [0, 0.1) is 6.92 Å². The summed E-state index contributed by atoms with van der Waals surface area (Å²) in [5, 5.41) is 8.98. The van der Waals surface area contributed by atoms with Crippen LogP contribution < -0.4 is 5.73 Å². The van der Waals surface area contributed by atoms with Gasteiger partial charge in [0.1, 0.15) is 0 Å². The zero-order valence-electron chi connectivity index (χ0n) is 14.2. The monoisotopic (exact) mass is 338 g/mol. The molecule has 3 N–H and O–H groups in total. The molecule has 0 saturated carbocycles. The third kappa shape index (κ3) is 3.50. The molecule has 1 saturated heterocycles. The van der Waals surface area contributed by atoms with E-state index in [1.165, 1.54) is 0 Å². The van der Waals surface area contributed by atoms with Gasteiger partial charge in [0.25, 0.3) is 5.91 Å². The van der Waals surface area contributed by atoms with Crippen molar-refractivity contribution in [2.24, 2.45) is 0 Å². The number of nitrogen functional groups attached to an aromatic ring is 1. The molecule has 0 aromatic heterocycles. The fraction of sp³-hybridized carbons (Fsp3) is 0.300. The number of hydrogen-bond acceptors (Lipinski definition) is 3. The zero-order valence-corrected chi connectivity index (χ0v) is 14.2. The van der Waals surface area contributed by atoms with Crippen molar-refractivity contribution in [2.45, 2.75) is 25.7 Å². The minimum absolute atomic E-state index is 0.00437. The first kappa shape index (κ1) is 17.0. The molecule has 0 spiro atoms. The van der Waals surface area contributed by atoms with Crippen molar-refractivity contribution in [1.29, 1.82) is 0 Å². The van der Waals surface area contributed by atoms with Gasteiger partial charge in [0, 0.05) is 18.8 Å². The zero-order chi connectivity index (χ0) is 18.0. The van der Waals surface area contributed by atoms with E-state index in [2.05, 4.69) is 0 Å². The molecular formula is C20H22N2O3. The average molecular weight is 338 g/mol. The van der Waals surface area contributed by atoms with E-state index in [9.17, 15) is 9.59 Å². The SMILES string of the molecule is Cc1cccc(N)c1C(=O)N1CCC(c2ccc(C(=O)O)cc2)CC1. The van der Waals surface area contributed by atoms with Crippen LogP contribution in [0.15, 0.2) is 42.5 Å². The van der Waals surface area contributed by atoms with Gasteiger partial charge >= 0.3 is 5.97 Å². The normalized spacial score (nSPS) is 15.2. The molecule has 0 unspecified atom stereocenters. The number of likely N-dealkylation sites (tertiary alicyclic amines) is 1. The molecule has 2 aromatic carbocycles. The minimum atomic E-state index is -0.914. The maximum atomic E-state index is 12.8. The van der Waals surface area contributed by atoms with E-state index in [4.69, 9.17) is 10.8 Å². The van der Waals surface area contributed by atoms with Gasteiger partial charge in [0.05, 0.1) is 11.1 Å². The lowest BCUT2D eigenvalue weighted by atomic mass is 9.88. The molecule has 5 heteroatoms. The van der Waals surface area contributed by atoms with Crippen LogP contribution in [0.1, 0.15) is 50.6 Å². The van der Waals surface area contributed by atoms with Gasteiger partial charge in [-0.1, -0.05) is 24.3 Å². The first-order chi connectivity index (χ1) is 12.0. The summed E-state index contributed by atoms with van der Waals surface area (Å²) in [6.45, 7) is 3.26. The summed E-state index contributed by atoms with van der Waals surface area (Å²) in [6.07, 6.45) is 1.73. The van der Waals surface area contributed by atoms with Gasteiger partial charge in [0.2, 0.25) is 0 Å². The third-order valence-electron chi connectivity index (χ3n) is 4.93. The largest absolute Gasteiger partial charge is 0.478 e. The van der Waals surface area contributed by atoms with Gasteiger partial charge in [-0.25, -0.2) is 4.79 Å². The van der Waals surface area contributed by atoms with E-state index in [0.29, 0.717) is 35.8 Å². The Balaban J connectivity index is 1.67. The number of carboxylic acid groups (broad SMARTS) is 1. The van der Waals surface area contributed by atoms with Crippen LogP contribution in [0.25, 0.3) is 0 Å². The Morgan fingerprint density at radius 3 is 2.28 bits per heavy atom. The fourth-order valence-electron chi connectivity index (χ4n) is 3.45. The van der Waals surface area contributed by atoms with E-state index in [1.807, 2.05) is 36.1 Å². The van der Waals surface area contributed by atoms with E-state index < -0.39 is 5.97 Å². The second-order valence-corrected chi connectivity index (χ2v) is 6.53. The molecule has 1 heterocycles. The Bertz CT molecular complexity index is 771. The number of aromatic carboxylic acids is 1. The molecule has 130 valence electrons. The van der Waals surface area contributed by atoms with Gasteiger partial charge in [0.15, 0.2) is 0 Å². The number of nitrogens with two attached hydrogens (primary N) is 1. The molecule has 0 bridgehead atoms. The number of aryl methyl sites for hydroxylation is 1. The molecule has 1 aliphatic heterocycles. The van der Waals surface area contributed by atoms with Crippen LogP contribution >= 0.6 is 0 Å². The molecule has 0 radical (unpaired) electrons. The molecule has 0 atom stereocenters. The summed E-state index contributed by atoms with van der Waals surface area (Å²) in [6, 6.07) is 12.6. The second kappa shape index (κ2) is 6.97. The van der Waals surface area contributed by atoms with E-state index in [0.717, 1.165) is 24.0 Å². The van der Waals surface area contributed by atoms with Gasteiger partial charge < -0.3 is 15.7 Å². The van der Waals surface area contributed by atoms with Crippen molar-refractivity contribution in [3.63, 3.8) is 0 Å². The topological polar surface area (TPSA) is 83.6 Å². The predicted octanol–water partition coefficient (Wildman–Crippen LogP) is 3.30. The highest BCUT2D eigenvalue weighted by molar-refractivity contribution is 6.00. The van der Waals surface area contributed by atoms with Gasteiger partial charge in [-0.15, -0.1) is 0 Å². The van der Waals surface area contributed by atoms with Crippen molar-refractivity contribution in [1.82, 2.24) is 4.90 Å². The lowest BCUT2D eigenvalue weighted by molar-refractivity contribution is 0.0691. The Kier molecular flexibility index (Phi) is 4.74. The average Bonchev–Trinajstić information content (AvgIpc) is 2.61. The van der Waals surface area contributed by atoms with Crippen molar-refractivity contribution < 1.29 is 14.7 Å². The predicted molar refractivity (Wildman–Crippen MR) is 96.9 cm³/mol. The van der Waals surface area contributed by atoms with Crippen LogP contribution in [0.3, 0.4) is 0 Å². The second-order valence-electron chi connectivity index (χ2n) is 6.53. The number of amides is 1. The highest BCUT2D eigenvalue weighted by atomic mass is 16.4. The van der Waals surface area contributed by atoms with E-state index in [1.54, 1.807) is 18.2 Å². The quantitative estimate of drug-likeness (QED) is 0.841. The Hall–Kier alpha value is -2.82. The van der Waals surface area contributed by atoms with Gasteiger partial charge in [-0.05, 0) is 55.0 Å². The first-order valence-corrected chi connectivity index (χ1v) is 8.45. The molecule has 1 aliphatic rings. The number of carbonyl (C=O) groups is 2. The smallest absolute Gasteiger partial charge is 0.335 e. The molecule has 0 aliphatic carbocycles. The van der Waals surface area contributed by atoms with Crippen molar-refractivity contribution in [3.8, 4) is 0 Å². The number of carboxylic acids is 1. The summed E-state index contributed by atoms with van der Waals surface area (Å²) in [4.78, 5) is 25.6. The van der Waals surface area contributed by atoms with Crippen LogP contribution in [0.4, 0.5) is 5.69 Å². The van der Waals surface area contributed by atoms with Gasteiger partial charge in [-0.2, -0.15) is 0 Å². The standard InChI is InChI=1S/C20H22N2O3/c1-13-3-2-4-17(21)18(13)19(23)22-11-9-15(10-12-22)14-5-7-16(8-6-14)20(24)25/h2-8,15H,9-12,21H2,1H3,(H,24,25). The van der Waals surface area contributed by atoms with E-state index >= 15 is 0 Å². The van der Waals surface area contributed by atoms with Crippen LogP contribution in [-0.2, 0) is 0 Å². The summed E-state index contributed by atoms with van der Waals surface area (Å²) in [7, 11) is 0. The molecule has 25 heavy (non-hydrogen) atoms. The van der Waals surface area contributed by atoms with E-state index in [-0.39, 0.29) is 5.91 Å². The number of piperidine rings is 1.